The molecule has 0 bridgehead atoms. The molecule has 1 aliphatic rings. The zero-order valence-electron chi connectivity index (χ0n) is 19.4. The lowest BCUT2D eigenvalue weighted by Crippen LogP contribution is -2.44. The number of carboxylic acids is 1. The van der Waals surface area contributed by atoms with E-state index in [9.17, 15) is 14.7 Å². The van der Waals surface area contributed by atoms with E-state index in [1.165, 1.54) is 19.4 Å². The molecule has 0 aliphatic carbocycles. The van der Waals surface area contributed by atoms with Crippen molar-refractivity contribution in [3.8, 4) is 5.75 Å². The number of hydrogen-bond acceptors (Lipinski definition) is 3. The molecule has 0 unspecified atom stereocenters. The van der Waals surface area contributed by atoms with E-state index in [-0.39, 0.29) is 11.9 Å². The molecule has 0 radical (unpaired) electrons. The highest BCUT2D eigenvalue weighted by Gasteiger charge is 2.30. The summed E-state index contributed by atoms with van der Waals surface area (Å²) in [5.74, 6) is 0.197. The van der Waals surface area contributed by atoms with Crippen LogP contribution in [0.1, 0.15) is 69.1 Å². The number of nitrogens with one attached hydrogen (secondary N) is 1. The van der Waals surface area contributed by atoms with Gasteiger partial charge >= 0.3 is 12.0 Å². The molecule has 2 aromatic carbocycles. The molecule has 1 aliphatic heterocycles. The lowest BCUT2D eigenvalue weighted by atomic mass is 9.90. The normalized spacial score (nSPS) is 16.7. The van der Waals surface area contributed by atoms with Crippen LogP contribution in [0.5, 0.6) is 5.75 Å². The molecule has 172 valence electrons. The first-order chi connectivity index (χ1) is 15.2. The highest BCUT2D eigenvalue weighted by molar-refractivity contribution is 5.76. The zero-order valence-corrected chi connectivity index (χ0v) is 19.4. The number of urea groups is 1. The minimum absolute atomic E-state index is 0.0537. The maximum Gasteiger partial charge on any atom is 0.347 e. The monoisotopic (exact) mass is 438 g/mol. The summed E-state index contributed by atoms with van der Waals surface area (Å²) in [5, 5.41) is 12.4. The summed E-state index contributed by atoms with van der Waals surface area (Å²) in [6.07, 6.45) is 1.90. The first-order valence-corrected chi connectivity index (χ1v) is 11.3. The average molecular weight is 439 g/mol. The minimum Gasteiger partial charge on any atom is -0.478 e. The molecule has 1 heterocycles. The van der Waals surface area contributed by atoms with Crippen LogP contribution in [0, 0.1) is 0 Å². The van der Waals surface area contributed by atoms with Crippen LogP contribution in [-0.4, -0.2) is 40.7 Å². The molecule has 6 heteroatoms. The topological polar surface area (TPSA) is 78.9 Å². The maximum atomic E-state index is 12.8. The van der Waals surface area contributed by atoms with Gasteiger partial charge in [0.1, 0.15) is 5.75 Å². The fourth-order valence-corrected chi connectivity index (χ4v) is 3.91. The van der Waals surface area contributed by atoms with E-state index in [0.717, 1.165) is 30.5 Å². The quantitative estimate of drug-likeness (QED) is 0.627. The number of piperidine rings is 1. The molecule has 2 aromatic rings. The third-order valence-corrected chi connectivity index (χ3v) is 6.02. The Morgan fingerprint density at radius 1 is 1.19 bits per heavy atom. The van der Waals surface area contributed by atoms with E-state index in [1.807, 2.05) is 23.1 Å². The first kappa shape index (κ1) is 23.6. The predicted octanol–water partition coefficient (Wildman–Crippen LogP) is 5.14. The van der Waals surface area contributed by atoms with Crippen molar-refractivity contribution < 1.29 is 19.4 Å². The second-order valence-electron chi connectivity index (χ2n) is 9.33. The average Bonchev–Trinajstić information content (AvgIpc) is 2.77. The third kappa shape index (κ3) is 6.02. The zero-order chi connectivity index (χ0) is 23.3. The third-order valence-electron chi connectivity index (χ3n) is 6.02. The summed E-state index contributed by atoms with van der Waals surface area (Å²) in [5.41, 5.74) is 2.13. The minimum atomic E-state index is -1.30. The van der Waals surface area contributed by atoms with Crippen LogP contribution in [-0.2, 0) is 11.3 Å². The second kappa shape index (κ2) is 10.1. The highest BCUT2D eigenvalue weighted by Crippen LogP contribution is 2.30. The molecule has 1 atom stereocenters. The molecule has 3 rings (SSSR count). The Balaban J connectivity index is 1.59. The van der Waals surface area contributed by atoms with Gasteiger partial charge < -0.3 is 20.1 Å². The van der Waals surface area contributed by atoms with Gasteiger partial charge in [0.2, 0.25) is 0 Å². The van der Waals surface area contributed by atoms with E-state index in [4.69, 9.17) is 4.74 Å². The Morgan fingerprint density at radius 3 is 2.56 bits per heavy atom. The first-order valence-electron chi connectivity index (χ1n) is 11.3. The van der Waals surface area contributed by atoms with Crippen molar-refractivity contribution in [2.45, 2.75) is 64.5 Å². The Hall–Kier alpha value is -3.02. The maximum absolute atomic E-state index is 12.8. The van der Waals surface area contributed by atoms with Crippen molar-refractivity contribution >= 4 is 12.0 Å². The molecule has 2 N–H and O–H groups in total. The van der Waals surface area contributed by atoms with Crippen molar-refractivity contribution in [2.75, 3.05) is 13.1 Å². The summed E-state index contributed by atoms with van der Waals surface area (Å²) in [6, 6.07) is 15.9. The Morgan fingerprint density at radius 2 is 1.91 bits per heavy atom. The molecular weight excluding hydrogens is 404 g/mol. The number of rotatable bonds is 7. The van der Waals surface area contributed by atoms with Gasteiger partial charge in [-0.25, -0.2) is 9.59 Å². The Bertz CT molecular complexity index is 937. The summed E-state index contributed by atoms with van der Waals surface area (Å²) in [6.45, 7) is 9.26. The van der Waals surface area contributed by atoms with E-state index in [0.29, 0.717) is 24.8 Å². The van der Waals surface area contributed by atoms with Crippen molar-refractivity contribution in [3.05, 3.63) is 65.2 Å². The van der Waals surface area contributed by atoms with Gasteiger partial charge in [-0.1, -0.05) is 50.2 Å². The number of ether oxygens (including phenoxy) is 1. The lowest BCUT2D eigenvalue weighted by molar-refractivity contribution is -0.152. The summed E-state index contributed by atoms with van der Waals surface area (Å²) < 4.78 is 5.69. The van der Waals surface area contributed by atoms with E-state index >= 15 is 0 Å². The molecule has 0 aromatic heterocycles. The van der Waals surface area contributed by atoms with Crippen molar-refractivity contribution in [2.24, 2.45) is 0 Å². The van der Waals surface area contributed by atoms with Gasteiger partial charge in [0.25, 0.3) is 0 Å². The number of likely N-dealkylation sites (tertiary alicyclic amines) is 1. The highest BCUT2D eigenvalue weighted by atomic mass is 16.5. The molecule has 6 nitrogen and oxygen atoms in total. The van der Waals surface area contributed by atoms with Gasteiger partial charge in [0.15, 0.2) is 5.60 Å². The summed E-state index contributed by atoms with van der Waals surface area (Å²) in [4.78, 5) is 26.0. The molecular formula is C26H34N2O4. The number of aliphatic carboxylic acids is 1. The predicted molar refractivity (Wildman–Crippen MR) is 125 cm³/mol. The number of carbonyl (C=O) groups is 2. The van der Waals surface area contributed by atoms with Crippen LogP contribution in [0.2, 0.25) is 0 Å². The van der Waals surface area contributed by atoms with Crippen molar-refractivity contribution in [1.82, 2.24) is 10.2 Å². The van der Waals surface area contributed by atoms with Crippen LogP contribution in [0.3, 0.4) is 0 Å². The van der Waals surface area contributed by atoms with Gasteiger partial charge in [0.05, 0.1) is 0 Å². The molecule has 32 heavy (non-hydrogen) atoms. The SMILES string of the molecule is CC(C)c1ccc(CNC(=O)N2CCC[C@@H](c3cccc(OC(C)(C)C(=O)O)c3)C2)cc1. The second-order valence-corrected chi connectivity index (χ2v) is 9.33. The van der Waals surface area contributed by atoms with Gasteiger partial charge in [-0.2, -0.15) is 0 Å². The van der Waals surface area contributed by atoms with E-state index in [2.05, 4.69) is 43.4 Å². The Kier molecular flexibility index (Phi) is 7.44. The number of hydrogen-bond donors (Lipinski definition) is 2. The molecule has 1 saturated heterocycles. The van der Waals surface area contributed by atoms with Crippen LogP contribution in [0.4, 0.5) is 4.79 Å². The molecule has 1 fully saturated rings. The van der Waals surface area contributed by atoms with Crippen molar-refractivity contribution in [1.29, 1.82) is 0 Å². The van der Waals surface area contributed by atoms with E-state index in [1.54, 1.807) is 6.07 Å². The lowest BCUT2D eigenvalue weighted by Gasteiger charge is -2.33. The van der Waals surface area contributed by atoms with Crippen LogP contribution < -0.4 is 10.1 Å². The molecule has 2 amide bonds. The fourth-order valence-electron chi connectivity index (χ4n) is 3.91. The van der Waals surface area contributed by atoms with Crippen LogP contribution in [0.25, 0.3) is 0 Å². The fraction of sp³-hybridized carbons (Fsp3) is 0.462. The number of carboxylic acid groups (broad SMARTS) is 1. The largest absolute Gasteiger partial charge is 0.478 e. The Labute approximate surface area is 190 Å². The number of benzene rings is 2. The number of nitrogens with zero attached hydrogens (tertiary/aromatic N) is 1. The molecule has 0 spiro atoms. The van der Waals surface area contributed by atoms with E-state index < -0.39 is 11.6 Å². The number of amides is 2. The smallest absolute Gasteiger partial charge is 0.347 e. The van der Waals surface area contributed by atoms with Crippen LogP contribution in [0.15, 0.2) is 48.5 Å². The standard InChI is InChI=1S/C26H34N2O4/c1-18(2)20-12-10-19(11-13-20)16-27-25(31)28-14-6-8-22(17-28)21-7-5-9-23(15-21)32-26(3,4)24(29)30/h5,7,9-13,15,18,22H,6,8,14,16-17H2,1-4H3,(H,27,31)(H,29,30)/t22-/m1/s1. The summed E-state index contributed by atoms with van der Waals surface area (Å²) >= 11 is 0. The summed E-state index contributed by atoms with van der Waals surface area (Å²) in [7, 11) is 0. The van der Waals surface area contributed by atoms with Gasteiger partial charge in [0, 0.05) is 25.6 Å². The molecule has 0 saturated carbocycles. The number of carbonyl (C=O) groups excluding carboxylic acids is 1. The van der Waals surface area contributed by atoms with Gasteiger partial charge in [-0.05, 0) is 61.4 Å². The van der Waals surface area contributed by atoms with Gasteiger partial charge in [-0.15, -0.1) is 0 Å². The van der Waals surface area contributed by atoms with Crippen LogP contribution >= 0.6 is 0 Å². The van der Waals surface area contributed by atoms with Gasteiger partial charge in [-0.3, -0.25) is 0 Å². The van der Waals surface area contributed by atoms with Crippen molar-refractivity contribution in [3.63, 3.8) is 0 Å².